The number of hydrogen-bond donors (Lipinski definition) is 10. The molecule has 0 radical (unpaired) electrons. The van der Waals surface area contributed by atoms with E-state index in [4.69, 9.17) is 19.3 Å². The van der Waals surface area contributed by atoms with E-state index in [0.717, 1.165) is 7.11 Å². The zero-order chi connectivity index (χ0) is 28.0. The molecule has 0 saturated carbocycles. The molecule has 0 bridgehead atoms. The van der Waals surface area contributed by atoms with Crippen LogP contribution < -0.4 is 15.4 Å². The van der Waals surface area contributed by atoms with E-state index in [1.54, 1.807) is 24.3 Å². The van der Waals surface area contributed by atoms with Gasteiger partial charge in [0, 0.05) is 12.7 Å². The Labute approximate surface area is 218 Å². The zero-order valence-corrected chi connectivity index (χ0v) is 20.8. The minimum absolute atomic E-state index is 0.0490. The van der Waals surface area contributed by atoms with Crippen molar-refractivity contribution in [3.63, 3.8) is 0 Å². The first-order valence-electron chi connectivity index (χ1n) is 12.2. The third-order valence-electron chi connectivity index (χ3n) is 6.78. The smallest absolute Gasteiger partial charge is 0.321 e. The van der Waals surface area contributed by atoms with Crippen LogP contribution in [0.1, 0.15) is 18.4 Å². The number of ether oxygens (including phenoxy) is 3. The second-order valence-electron chi connectivity index (χ2n) is 9.18. The molecule has 0 aliphatic carbocycles. The first-order valence-corrected chi connectivity index (χ1v) is 12.2. The standard InChI is InChI=1S/C23H32N2O11.CH4O/c26-8-13-5-11(6-15-18(29)20(31)19(30)16(9-27)36-15)17(28)22(35-13)34-12-3-1-10(2-4-12)14-7-24-23(33)25-21(14)32;1-2/h1-4,11,13,15-20,22,26-32H,5-9H2,(H2,24,25,33);2H,1H3/t11?,13?,15-,16?,17?,18?,19-,20?,22+;/m1./s1. The summed E-state index contributed by atoms with van der Waals surface area (Å²) < 4.78 is 17.1. The summed E-state index contributed by atoms with van der Waals surface area (Å²) in [6.07, 6.45) is -9.26. The number of carbonyl (C=O) groups excluding carboxylic acids is 1. The number of benzene rings is 1. The number of aliphatic hydroxyl groups excluding tert-OH is 8. The Morgan fingerprint density at radius 3 is 2.18 bits per heavy atom. The third kappa shape index (κ3) is 6.72. The highest BCUT2D eigenvalue weighted by Gasteiger charge is 2.47. The molecule has 214 valence electrons. The quantitative estimate of drug-likeness (QED) is 0.172. The summed E-state index contributed by atoms with van der Waals surface area (Å²) in [6.45, 7) is -0.765. The van der Waals surface area contributed by atoms with Crippen LogP contribution >= 0.6 is 0 Å². The predicted molar refractivity (Wildman–Crippen MR) is 130 cm³/mol. The lowest BCUT2D eigenvalue weighted by atomic mass is 9.83. The summed E-state index contributed by atoms with van der Waals surface area (Å²) in [7, 11) is 1.00. The maximum Gasteiger partial charge on any atom is 0.321 e. The molecule has 3 aliphatic heterocycles. The van der Waals surface area contributed by atoms with Crippen molar-refractivity contribution >= 4 is 11.6 Å². The number of aliphatic hydroxyl groups is 8. The molecule has 1 aromatic carbocycles. The van der Waals surface area contributed by atoms with Crippen molar-refractivity contribution in [3.8, 4) is 5.75 Å². The van der Waals surface area contributed by atoms with Crippen LogP contribution in [0.25, 0.3) is 5.57 Å². The largest absolute Gasteiger partial charge is 0.494 e. The zero-order valence-electron chi connectivity index (χ0n) is 20.8. The highest BCUT2D eigenvalue weighted by molar-refractivity contribution is 5.84. The van der Waals surface area contributed by atoms with Gasteiger partial charge in [0.2, 0.25) is 6.29 Å². The van der Waals surface area contributed by atoms with E-state index in [0.29, 0.717) is 16.9 Å². The molecule has 3 aliphatic rings. The van der Waals surface area contributed by atoms with Crippen molar-refractivity contribution in [1.29, 1.82) is 0 Å². The maximum atomic E-state index is 11.3. The molecule has 14 nitrogen and oxygen atoms in total. The van der Waals surface area contributed by atoms with E-state index in [-0.39, 0.29) is 31.9 Å². The molecule has 0 aromatic heterocycles. The van der Waals surface area contributed by atoms with Crippen LogP contribution in [0.15, 0.2) is 30.1 Å². The Kier molecular flexibility index (Phi) is 10.7. The van der Waals surface area contributed by atoms with Gasteiger partial charge in [-0.2, -0.15) is 0 Å². The molecular weight excluding hydrogens is 508 g/mol. The summed E-state index contributed by atoms with van der Waals surface area (Å²) >= 11 is 0. The molecule has 0 spiro atoms. The van der Waals surface area contributed by atoms with Gasteiger partial charge in [-0.25, -0.2) is 4.79 Å². The predicted octanol–water partition coefficient (Wildman–Crippen LogP) is -2.47. The van der Waals surface area contributed by atoms with Gasteiger partial charge >= 0.3 is 6.03 Å². The van der Waals surface area contributed by atoms with E-state index >= 15 is 0 Å². The minimum Gasteiger partial charge on any atom is -0.494 e. The lowest BCUT2D eigenvalue weighted by Crippen LogP contribution is -2.59. The van der Waals surface area contributed by atoms with Crippen LogP contribution in [0.4, 0.5) is 4.79 Å². The van der Waals surface area contributed by atoms with Gasteiger partial charge in [-0.1, -0.05) is 12.1 Å². The molecule has 2 amide bonds. The normalized spacial score (nSPS) is 35.5. The fraction of sp³-hybridized carbons (Fsp3) is 0.625. The molecular formula is C24H36N2O12. The Morgan fingerprint density at radius 1 is 0.921 bits per heavy atom. The summed E-state index contributed by atoms with van der Waals surface area (Å²) in [5, 5.41) is 82.3. The van der Waals surface area contributed by atoms with E-state index in [2.05, 4.69) is 10.6 Å². The van der Waals surface area contributed by atoms with Crippen LogP contribution in [0, 0.1) is 5.92 Å². The first-order chi connectivity index (χ1) is 18.2. The van der Waals surface area contributed by atoms with Crippen LogP contribution in [0.5, 0.6) is 5.75 Å². The molecule has 3 heterocycles. The summed E-state index contributed by atoms with van der Waals surface area (Å²) in [5.74, 6) is -0.484. The van der Waals surface area contributed by atoms with Gasteiger partial charge in [-0.15, -0.1) is 0 Å². The van der Waals surface area contributed by atoms with E-state index in [1.807, 2.05) is 0 Å². The molecule has 38 heavy (non-hydrogen) atoms. The first kappa shape index (κ1) is 30.0. The summed E-state index contributed by atoms with van der Waals surface area (Å²) in [5.41, 5.74) is 1.11. The fourth-order valence-electron chi connectivity index (χ4n) is 4.73. The summed E-state index contributed by atoms with van der Waals surface area (Å²) in [4.78, 5) is 11.3. The van der Waals surface area contributed by atoms with Gasteiger partial charge in [0.15, 0.2) is 5.88 Å². The van der Waals surface area contributed by atoms with Crippen LogP contribution in [-0.4, -0.2) is 123 Å². The topological polar surface area (TPSA) is 231 Å². The minimum atomic E-state index is -1.53. The van der Waals surface area contributed by atoms with Crippen LogP contribution in [0.3, 0.4) is 0 Å². The SMILES string of the molecule is CO.O=C1NCC(c2ccc(O[C@H]3OC(CO)CC(C[C@H]4OC(CO)[C@@H](O)C(O)C4O)C3O)cc2)=C(O)N1. The lowest BCUT2D eigenvalue weighted by molar-refractivity contribution is -0.253. The molecule has 14 heteroatoms. The van der Waals surface area contributed by atoms with Gasteiger partial charge in [0.25, 0.3) is 0 Å². The molecule has 1 aromatic rings. The number of rotatable bonds is 7. The van der Waals surface area contributed by atoms with Gasteiger partial charge in [0.05, 0.1) is 32.0 Å². The summed E-state index contributed by atoms with van der Waals surface area (Å²) in [6, 6.07) is 6.00. The Balaban J connectivity index is 0.00000195. The van der Waals surface area contributed by atoms with Gasteiger partial charge < -0.3 is 60.4 Å². The second kappa shape index (κ2) is 13.5. The van der Waals surface area contributed by atoms with Gasteiger partial charge in [-0.3, -0.25) is 5.32 Å². The monoisotopic (exact) mass is 544 g/mol. The van der Waals surface area contributed by atoms with E-state index in [9.17, 15) is 40.5 Å². The number of hydrogen-bond acceptors (Lipinski definition) is 12. The average molecular weight is 545 g/mol. The molecule has 9 atom stereocenters. The molecule has 2 fully saturated rings. The van der Waals surface area contributed by atoms with Crippen molar-refractivity contribution in [2.24, 2.45) is 5.92 Å². The molecule has 10 N–H and O–H groups in total. The second-order valence-corrected chi connectivity index (χ2v) is 9.18. The van der Waals surface area contributed by atoms with Crippen molar-refractivity contribution in [2.45, 2.75) is 61.9 Å². The number of urea groups is 1. The lowest BCUT2D eigenvalue weighted by Gasteiger charge is -2.44. The van der Waals surface area contributed by atoms with Gasteiger partial charge in [-0.05, 0) is 36.5 Å². The van der Waals surface area contributed by atoms with Crippen molar-refractivity contribution in [2.75, 3.05) is 26.9 Å². The third-order valence-corrected chi connectivity index (χ3v) is 6.78. The Morgan fingerprint density at radius 2 is 1.58 bits per heavy atom. The molecule has 4 rings (SSSR count). The van der Waals surface area contributed by atoms with E-state index < -0.39 is 67.6 Å². The molecule has 6 unspecified atom stereocenters. The Bertz CT molecular complexity index is 943. The average Bonchev–Trinajstić information content (AvgIpc) is 2.92. The van der Waals surface area contributed by atoms with Crippen molar-refractivity contribution in [3.05, 3.63) is 35.7 Å². The highest BCUT2D eigenvalue weighted by Crippen LogP contribution is 2.34. The van der Waals surface area contributed by atoms with Crippen LogP contribution in [-0.2, 0) is 9.47 Å². The maximum absolute atomic E-state index is 11.3. The fourth-order valence-corrected chi connectivity index (χ4v) is 4.73. The van der Waals surface area contributed by atoms with Gasteiger partial charge in [0.1, 0.15) is 36.3 Å². The van der Waals surface area contributed by atoms with Crippen molar-refractivity contribution < 1.29 is 59.9 Å². The molecule has 2 saturated heterocycles. The number of amides is 2. The highest BCUT2D eigenvalue weighted by atomic mass is 16.7. The van der Waals surface area contributed by atoms with Crippen molar-refractivity contribution in [1.82, 2.24) is 10.6 Å². The number of carbonyl (C=O) groups is 1. The van der Waals surface area contributed by atoms with Crippen LogP contribution in [0.2, 0.25) is 0 Å². The van der Waals surface area contributed by atoms with E-state index in [1.165, 1.54) is 0 Å². The Hall–Kier alpha value is -2.53. The number of nitrogens with one attached hydrogen (secondary N) is 2.